The molecule has 0 aliphatic heterocycles. The number of aromatic nitrogens is 1. The van der Waals surface area contributed by atoms with E-state index in [1.807, 2.05) is 24.4 Å². The first-order chi connectivity index (χ1) is 10.7. The number of para-hydroxylation sites is 1. The highest BCUT2D eigenvalue weighted by atomic mass is 16.3. The molecule has 0 saturated heterocycles. The van der Waals surface area contributed by atoms with Crippen LogP contribution in [0.5, 0.6) is 0 Å². The maximum atomic E-state index is 6.13. The highest BCUT2D eigenvalue weighted by Gasteiger charge is 2.13. The molecular weight excluding hydrogens is 270 g/mol. The van der Waals surface area contributed by atoms with Gasteiger partial charge in [-0.2, -0.15) is 0 Å². The highest BCUT2D eigenvalue weighted by molar-refractivity contribution is 6.09. The van der Waals surface area contributed by atoms with E-state index in [-0.39, 0.29) is 0 Å². The number of rotatable bonds is 2. The maximum Gasteiger partial charge on any atom is 0.144 e. The predicted molar refractivity (Wildman–Crippen MR) is 91.0 cm³/mol. The zero-order valence-electron chi connectivity index (χ0n) is 12.7. The van der Waals surface area contributed by atoms with Gasteiger partial charge in [0.25, 0.3) is 0 Å². The third-order valence-electron chi connectivity index (χ3n) is 4.13. The summed E-state index contributed by atoms with van der Waals surface area (Å²) in [4.78, 5) is 4.46. The van der Waals surface area contributed by atoms with Crippen LogP contribution in [-0.2, 0) is 0 Å². The molecule has 0 N–H and O–H groups in total. The third-order valence-corrected chi connectivity index (χ3v) is 4.13. The second-order valence-electron chi connectivity index (χ2n) is 5.91. The Labute approximate surface area is 129 Å². The van der Waals surface area contributed by atoms with Crippen LogP contribution in [0.2, 0.25) is 0 Å². The fourth-order valence-corrected chi connectivity index (χ4v) is 2.90. The number of hydrogen-bond donors (Lipinski definition) is 0. The summed E-state index contributed by atoms with van der Waals surface area (Å²) >= 11 is 0. The second-order valence-corrected chi connectivity index (χ2v) is 5.91. The van der Waals surface area contributed by atoms with Crippen LogP contribution in [-0.4, -0.2) is 4.98 Å². The molecule has 2 heteroatoms. The standard InChI is InChI=1S/C20H17NO/c1-13(2)14-9-10-19-17(12-14)15-6-5-7-16(20(15)22-19)18-8-3-4-11-21-18/h3-13H,1-2H3. The smallest absolute Gasteiger partial charge is 0.144 e. The lowest BCUT2D eigenvalue weighted by Crippen LogP contribution is -1.85. The van der Waals surface area contributed by atoms with Gasteiger partial charge < -0.3 is 4.42 Å². The molecule has 2 heterocycles. The van der Waals surface area contributed by atoms with Crippen LogP contribution in [0.25, 0.3) is 33.2 Å². The molecule has 0 bridgehead atoms. The molecule has 0 radical (unpaired) electrons. The van der Waals surface area contributed by atoms with E-state index >= 15 is 0 Å². The van der Waals surface area contributed by atoms with Gasteiger partial charge in [-0.25, -0.2) is 0 Å². The summed E-state index contributed by atoms with van der Waals surface area (Å²) in [5, 5.41) is 2.33. The Morgan fingerprint density at radius 1 is 0.909 bits per heavy atom. The number of pyridine rings is 1. The van der Waals surface area contributed by atoms with Gasteiger partial charge >= 0.3 is 0 Å². The summed E-state index contributed by atoms with van der Waals surface area (Å²) in [6.07, 6.45) is 1.81. The number of fused-ring (bicyclic) bond motifs is 3. The van der Waals surface area contributed by atoms with Gasteiger partial charge in [0.05, 0.1) is 5.69 Å². The summed E-state index contributed by atoms with van der Waals surface area (Å²) < 4.78 is 6.13. The minimum absolute atomic E-state index is 0.508. The monoisotopic (exact) mass is 287 g/mol. The van der Waals surface area contributed by atoms with Gasteiger partial charge in [0, 0.05) is 22.5 Å². The average Bonchev–Trinajstić information content (AvgIpc) is 2.93. The first-order valence-electron chi connectivity index (χ1n) is 7.60. The fourth-order valence-electron chi connectivity index (χ4n) is 2.90. The molecule has 0 spiro atoms. The molecule has 22 heavy (non-hydrogen) atoms. The van der Waals surface area contributed by atoms with E-state index < -0.39 is 0 Å². The highest BCUT2D eigenvalue weighted by Crippen LogP contribution is 2.36. The van der Waals surface area contributed by atoms with E-state index in [0.717, 1.165) is 27.8 Å². The summed E-state index contributed by atoms with van der Waals surface area (Å²) in [5.41, 5.74) is 5.16. The van der Waals surface area contributed by atoms with Gasteiger partial charge in [-0.3, -0.25) is 4.98 Å². The van der Waals surface area contributed by atoms with E-state index in [1.165, 1.54) is 10.9 Å². The molecule has 4 rings (SSSR count). The summed E-state index contributed by atoms with van der Waals surface area (Å²) in [5.74, 6) is 0.508. The molecule has 4 aromatic rings. The molecule has 108 valence electrons. The van der Waals surface area contributed by atoms with Crippen molar-refractivity contribution >= 4 is 21.9 Å². The van der Waals surface area contributed by atoms with Gasteiger partial charge in [0.1, 0.15) is 11.2 Å². The fraction of sp³-hybridized carbons (Fsp3) is 0.150. The van der Waals surface area contributed by atoms with E-state index in [4.69, 9.17) is 4.42 Å². The molecule has 0 atom stereocenters. The number of hydrogen-bond acceptors (Lipinski definition) is 2. The van der Waals surface area contributed by atoms with Crippen LogP contribution in [0.3, 0.4) is 0 Å². The van der Waals surface area contributed by atoms with Gasteiger partial charge in [-0.05, 0) is 41.8 Å². The quantitative estimate of drug-likeness (QED) is 0.467. The van der Waals surface area contributed by atoms with Crippen molar-refractivity contribution in [2.45, 2.75) is 19.8 Å². The van der Waals surface area contributed by atoms with Gasteiger partial charge in [-0.15, -0.1) is 0 Å². The van der Waals surface area contributed by atoms with Crippen LogP contribution in [0.1, 0.15) is 25.3 Å². The van der Waals surface area contributed by atoms with Gasteiger partial charge in [0.2, 0.25) is 0 Å². The van der Waals surface area contributed by atoms with Crippen LogP contribution in [0, 0.1) is 0 Å². The van der Waals surface area contributed by atoms with Crippen LogP contribution < -0.4 is 0 Å². The lowest BCUT2D eigenvalue weighted by molar-refractivity contribution is 0.669. The Morgan fingerprint density at radius 3 is 2.59 bits per heavy atom. The van der Waals surface area contributed by atoms with Crippen molar-refractivity contribution in [3.8, 4) is 11.3 Å². The predicted octanol–water partition coefficient (Wildman–Crippen LogP) is 5.77. The maximum absolute atomic E-state index is 6.13. The van der Waals surface area contributed by atoms with E-state index in [2.05, 4.69) is 55.2 Å². The number of furan rings is 1. The van der Waals surface area contributed by atoms with Crippen LogP contribution >= 0.6 is 0 Å². The number of benzene rings is 2. The average molecular weight is 287 g/mol. The van der Waals surface area contributed by atoms with Crippen molar-refractivity contribution in [3.63, 3.8) is 0 Å². The third kappa shape index (κ3) is 2.00. The lowest BCUT2D eigenvalue weighted by Gasteiger charge is -2.04. The lowest BCUT2D eigenvalue weighted by atomic mass is 10.00. The Balaban J connectivity index is 2.04. The SMILES string of the molecule is CC(C)c1ccc2oc3c(-c4ccccn4)cccc3c2c1. The summed E-state index contributed by atoms with van der Waals surface area (Å²) in [7, 11) is 0. The van der Waals surface area contributed by atoms with Gasteiger partial charge in [-0.1, -0.05) is 38.1 Å². The van der Waals surface area contributed by atoms with E-state index in [0.29, 0.717) is 5.92 Å². The molecule has 0 aliphatic carbocycles. The summed E-state index contributed by atoms with van der Waals surface area (Å²) in [6.45, 7) is 4.42. The molecule has 0 saturated carbocycles. The van der Waals surface area contributed by atoms with Crippen molar-refractivity contribution in [1.29, 1.82) is 0 Å². The Hall–Kier alpha value is -2.61. The van der Waals surface area contributed by atoms with E-state index in [1.54, 1.807) is 0 Å². The Bertz CT molecular complexity index is 951. The van der Waals surface area contributed by atoms with Crippen molar-refractivity contribution in [1.82, 2.24) is 4.98 Å². The molecule has 0 unspecified atom stereocenters. The van der Waals surface area contributed by atoms with Crippen molar-refractivity contribution in [2.75, 3.05) is 0 Å². The molecule has 0 amide bonds. The summed E-state index contributed by atoms with van der Waals surface area (Å²) in [6, 6.07) is 18.7. The largest absolute Gasteiger partial charge is 0.455 e. The zero-order valence-corrected chi connectivity index (χ0v) is 12.7. The molecule has 2 nitrogen and oxygen atoms in total. The van der Waals surface area contributed by atoms with E-state index in [9.17, 15) is 0 Å². The Kier molecular flexibility index (Phi) is 2.97. The zero-order chi connectivity index (χ0) is 15.1. The topological polar surface area (TPSA) is 26.0 Å². The minimum Gasteiger partial charge on any atom is -0.455 e. The molecular formula is C20H17NO. The van der Waals surface area contributed by atoms with Crippen LogP contribution in [0.4, 0.5) is 0 Å². The Morgan fingerprint density at radius 2 is 1.82 bits per heavy atom. The van der Waals surface area contributed by atoms with Crippen LogP contribution in [0.15, 0.2) is 65.2 Å². The van der Waals surface area contributed by atoms with Gasteiger partial charge in [0.15, 0.2) is 0 Å². The van der Waals surface area contributed by atoms with Crippen molar-refractivity contribution in [3.05, 3.63) is 66.4 Å². The first kappa shape index (κ1) is 13.1. The molecule has 0 aliphatic rings. The second kappa shape index (κ2) is 4.99. The van der Waals surface area contributed by atoms with Crippen molar-refractivity contribution < 1.29 is 4.42 Å². The molecule has 2 aromatic carbocycles. The normalized spacial score (nSPS) is 11.6. The molecule has 2 aromatic heterocycles. The minimum atomic E-state index is 0.508. The number of nitrogens with zero attached hydrogens (tertiary/aromatic N) is 1. The first-order valence-corrected chi connectivity index (χ1v) is 7.60. The molecule has 0 fully saturated rings. The van der Waals surface area contributed by atoms with Crippen molar-refractivity contribution in [2.24, 2.45) is 0 Å².